The normalized spacial score (nSPS) is 16.6. The van der Waals surface area contributed by atoms with E-state index < -0.39 is 7.92 Å². The molecule has 3 heteroatoms. The minimum Gasteiger partial charge on any atom is -0.294 e. The Labute approximate surface area is 299 Å². The number of rotatable bonds is 5. The molecule has 0 saturated heterocycles. The van der Waals surface area contributed by atoms with Crippen LogP contribution >= 0.6 is 7.92 Å². The van der Waals surface area contributed by atoms with Crippen LogP contribution in [0.25, 0.3) is 32.7 Å². The zero-order valence-corrected chi connectivity index (χ0v) is 28.7. The summed E-state index contributed by atoms with van der Waals surface area (Å²) in [6, 6.07) is 49.2. The molecule has 0 aromatic heterocycles. The minimum absolute atomic E-state index is 0. The van der Waals surface area contributed by atoms with E-state index in [0.29, 0.717) is 0 Å². The first-order valence-electron chi connectivity index (χ1n) is 16.4. The van der Waals surface area contributed by atoms with E-state index in [9.17, 15) is 0 Å². The van der Waals surface area contributed by atoms with Gasteiger partial charge in [0.25, 0.3) is 0 Å². The predicted octanol–water partition coefficient (Wildman–Crippen LogP) is 9.86. The largest absolute Gasteiger partial charge is 2.00 e. The van der Waals surface area contributed by atoms with Gasteiger partial charge < -0.3 is 0 Å². The van der Waals surface area contributed by atoms with Crippen LogP contribution in [0.1, 0.15) is 11.1 Å². The van der Waals surface area contributed by atoms with E-state index in [1.807, 2.05) is 32.1 Å². The van der Waals surface area contributed by atoms with Gasteiger partial charge in [0.05, 0.1) is 0 Å². The number of hydrogen-bond acceptors (Lipinski definition) is 1. The van der Waals surface area contributed by atoms with Gasteiger partial charge in [-0.05, 0) is 114 Å². The molecule has 48 heavy (non-hydrogen) atoms. The number of nitrogens with zero attached hydrogens (tertiary/aromatic N) is 1. The Balaban J connectivity index is 0.000000559. The van der Waals surface area contributed by atoms with Crippen LogP contribution in [0.2, 0.25) is 0 Å². The Morgan fingerprint density at radius 2 is 0.917 bits per heavy atom. The van der Waals surface area contributed by atoms with Gasteiger partial charge in [0, 0.05) is 31.2 Å². The topological polar surface area (TPSA) is 3.24 Å². The van der Waals surface area contributed by atoms with Crippen molar-refractivity contribution in [2.24, 2.45) is 0 Å². The molecule has 0 atom stereocenters. The summed E-state index contributed by atoms with van der Waals surface area (Å²) in [6.45, 7) is 2.75. The van der Waals surface area contributed by atoms with Crippen molar-refractivity contribution >= 4 is 40.1 Å². The average molecular weight is 678 g/mol. The molecule has 3 aliphatic rings. The van der Waals surface area contributed by atoms with Crippen LogP contribution in [0.4, 0.5) is 0 Å². The second-order valence-corrected chi connectivity index (χ2v) is 14.4. The maximum absolute atomic E-state index is 2.65. The van der Waals surface area contributed by atoms with Crippen molar-refractivity contribution in [1.29, 1.82) is 0 Å². The number of fused-ring (bicyclic) bond motifs is 7. The first-order chi connectivity index (χ1) is 23.3. The Kier molecular flexibility index (Phi) is 10.8. The van der Waals surface area contributed by atoms with Crippen LogP contribution in [0.15, 0.2) is 133 Å². The molecule has 232 valence electrons. The zero-order valence-electron chi connectivity index (χ0n) is 26.7. The summed E-state index contributed by atoms with van der Waals surface area (Å²) >= 11 is 0. The molecule has 0 unspecified atom stereocenters. The zero-order chi connectivity index (χ0) is 31.4. The summed E-state index contributed by atoms with van der Waals surface area (Å²) in [5.41, 5.74) is 7.08. The molecule has 2 fully saturated rings. The van der Waals surface area contributed by atoms with Gasteiger partial charge >= 0.3 is 17.1 Å². The maximum atomic E-state index is 2.65. The molecule has 1 nitrogen and oxygen atoms in total. The quantitative estimate of drug-likeness (QED) is 0.130. The van der Waals surface area contributed by atoms with Gasteiger partial charge in [0.1, 0.15) is 0 Å². The Morgan fingerprint density at radius 3 is 1.42 bits per heavy atom. The monoisotopic (exact) mass is 677 g/mol. The molecular weight excluding hydrogens is 641 g/mol. The first kappa shape index (κ1) is 33.3. The molecule has 0 amide bonds. The van der Waals surface area contributed by atoms with Crippen molar-refractivity contribution in [1.82, 2.24) is 4.90 Å². The fraction of sp³-hybridized carbons (Fsp3) is 0.0667. The minimum atomic E-state index is -0.642. The Bertz CT molecular complexity index is 1820. The van der Waals surface area contributed by atoms with E-state index in [0.717, 1.165) is 19.6 Å². The molecule has 9 rings (SSSR count). The van der Waals surface area contributed by atoms with Crippen LogP contribution in [0.3, 0.4) is 0 Å². The van der Waals surface area contributed by atoms with E-state index >= 15 is 0 Å². The fourth-order valence-corrected chi connectivity index (χ4v) is 9.54. The summed E-state index contributed by atoms with van der Waals surface area (Å²) < 4.78 is 0. The van der Waals surface area contributed by atoms with Crippen molar-refractivity contribution in [3.63, 3.8) is 0 Å². The molecular formula is C45H36FeNP+2. The molecule has 6 aromatic rings. The summed E-state index contributed by atoms with van der Waals surface area (Å²) in [5.74, 6) is 1.43. The van der Waals surface area contributed by atoms with Crippen LogP contribution in [-0.2, 0) is 30.2 Å². The third-order valence-corrected chi connectivity index (χ3v) is 11.7. The summed E-state index contributed by atoms with van der Waals surface area (Å²) in [4.78, 5) is 2.65. The Hall–Kier alpha value is -3.25. The van der Waals surface area contributed by atoms with Crippen molar-refractivity contribution < 1.29 is 17.1 Å². The predicted molar refractivity (Wildman–Crippen MR) is 201 cm³/mol. The molecule has 0 bridgehead atoms. The fourth-order valence-electron chi connectivity index (χ4n) is 7.08. The molecule has 2 saturated carbocycles. The third kappa shape index (κ3) is 6.92. The molecule has 2 aliphatic carbocycles. The number of hydrogen-bond donors (Lipinski definition) is 0. The smallest absolute Gasteiger partial charge is 0.294 e. The molecule has 0 spiro atoms. The van der Waals surface area contributed by atoms with Crippen molar-refractivity contribution in [2.45, 2.75) is 13.1 Å². The summed E-state index contributed by atoms with van der Waals surface area (Å²) in [5, 5.41) is 8.10. The molecule has 1 heterocycles. The van der Waals surface area contributed by atoms with Gasteiger partial charge in [-0.25, -0.2) is 0 Å². The third-order valence-electron chi connectivity index (χ3n) is 9.17. The SMILES string of the molecule is [CH]1[CH][CH][CH][CH]1.[CH]1[CH][C](CN2Cc3ccc4ccccc4c3-c3c(ccc4ccccc34)C2)[C](P(c2ccccc2)c2ccccc2)[CH]1.[Fe+2]. The van der Waals surface area contributed by atoms with Crippen LogP contribution in [0, 0.1) is 62.9 Å². The summed E-state index contributed by atoms with van der Waals surface area (Å²) in [6.07, 6.45) is 17.0. The standard InChI is InChI=1S/C40H31NP.C5H5.Fe/c1-3-15-34(16-4-1)42(35-17-5-2-6-18-35)38-21-11-14-31(38)26-41-27-32-24-22-29-12-7-9-19-36(29)39(32)40-33(28-41)25-23-30-13-8-10-20-37(30)40;1-2-4-5-3-1;/h1-25H,26-28H2;1-5H;/q;;+2. The van der Waals surface area contributed by atoms with E-state index in [4.69, 9.17) is 0 Å². The second kappa shape index (κ2) is 15.5. The maximum Gasteiger partial charge on any atom is 2.00 e. The first-order valence-corrected chi connectivity index (χ1v) is 17.7. The van der Waals surface area contributed by atoms with Crippen molar-refractivity contribution in [3.8, 4) is 11.1 Å². The van der Waals surface area contributed by atoms with Gasteiger partial charge in [-0.2, -0.15) is 0 Å². The van der Waals surface area contributed by atoms with Gasteiger partial charge in [-0.3, -0.25) is 4.90 Å². The van der Waals surface area contributed by atoms with E-state index in [-0.39, 0.29) is 17.1 Å². The van der Waals surface area contributed by atoms with Crippen LogP contribution < -0.4 is 10.6 Å². The van der Waals surface area contributed by atoms with Gasteiger partial charge in [-0.1, -0.05) is 133 Å². The van der Waals surface area contributed by atoms with Crippen molar-refractivity contribution in [2.75, 3.05) is 6.54 Å². The summed E-state index contributed by atoms with van der Waals surface area (Å²) in [7, 11) is -0.642. The van der Waals surface area contributed by atoms with Crippen LogP contribution in [-0.4, -0.2) is 11.4 Å². The van der Waals surface area contributed by atoms with Gasteiger partial charge in [0.15, 0.2) is 0 Å². The van der Waals surface area contributed by atoms with Gasteiger partial charge in [-0.15, -0.1) is 0 Å². The molecule has 10 radical (unpaired) electrons. The van der Waals surface area contributed by atoms with Crippen LogP contribution in [0.5, 0.6) is 0 Å². The van der Waals surface area contributed by atoms with E-state index in [1.54, 1.807) is 0 Å². The van der Waals surface area contributed by atoms with E-state index in [2.05, 4.69) is 158 Å². The molecule has 1 aliphatic heterocycles. The molecule has 0 N–H and O–H groups in total. The average Bonchev–Trinajstić information content (AvgIpc) is 3.83. The number of benzene rings is 6. The second-order valence-electron chi connectivity index (χ2n) is 12.2. The molecule has 6 aromatic carbocycles. The van der Waals surface area contributed by atoms with E-state index in [1.165, 1.54) is 66.0 Å². The Morgan fingerprint density at radius 1 is 0.458 bits per heavy atom. The van der Waals surface area contributed by atoms with Gasteiger partial charge in [0.2, 0.25) is 0 Å². The van der Waals surface area contributed by atoms with Crippen molar-refractivity contribution in [3.05, 3.63) is 208 Å².